The Morgan fingerprint density at radius 2 is 2.09 bits per heavy atom. The van der Waals surface area contributed by atoms with Gasteiger partial charge in [-0.25, -0.2) is 4.79 Å². The number of aliphatic hydroxyl groups is 1. The first-order valence-corrected chi connectivity index (χ1v) is 7.90. The maximum atomic E-state index is 11.7. The number of fused-ring (bicyclic) bond motifs is 1. The Morgan fingerprint density at radius 3 is 2.77 bits per heavy atom. The summed E-state index contributed by atoms with van der Waals surface area (Å²) >= 11 is 0. The van der Waals surface area contributed by atoms with Crippen molar-refractivity contribution in [1.82, 2.24) is 0 Å². The molecule has 1 saturated carbocycles. The summed E-state index contributed by atoms with van der Waals surface area (Å²) in [6.45, 7) is 6.36. The van der Waals surface area contributed by atoms with Crippen molar-refractivity contribution in [2.24, 2.45) is 11.3 Å². The highest BCUT2D eigenvalue weighted by Gasteiger charge is 2.59. The molecule has 1 aliphatic carbocycles. The standard InChI is InChI=1S/C18H24O4/c1-11-5-8-15(19)17(2,3)18(11)10-13-9-12(16(20)21-4)6-7-14(13)22-18/h6-7,9,11,15,19H,5,8,10H2,1-4H3/t11-,15+,18+/m1/s1. The Hall–Kier alpha value is -1.55. The number of methoxy groups -OCH3 is 1. The van der Waals surface area contributed by atoms with Crippen molar-refractivity contribution >= 4 is 5.97 Å². The van der Waals surface area contributed by atoms with Gasteiger partial charge < -0.3 is 14.6 Å². The summed E-state index contributed by atoms with van der Waals surface area (Å²) in [5, 5.41) is 10.5. The Kier molecular flexibility index (Phi) is 3.48. The molecule has 0 radical (unpaired) electrons. The van der Waals surface area contributed by atoms with E-state index in [1.165, 1.54) is 7.11 Å². The van der Waals surface area contributed by atoms with Crippen LogP contribution in [0.3, 0.4) is 0 Å². The lowest BCUT2D eigenvalue weighted by atomic mass is 9.58. The lowest BCUT2D eigenvalue weighted by molar-refractivity contribution is -0.156. The molecule has 1 aromatic carbocycles. The smallest absolute Gasteiger partial charge is 0.337 e. The summed E-state index contributed by atoms with van der Waals surface area (Å²) in [5.74, 6) is 0.835. The monoisotopic (exact) mass is 304 g/mol. The second kappa shape index (κ2) is 4.98. The molecule has 3 atom stereocenters. The van der Waals surface area contributed by atoms with Gasteiger partial charge in [0.25, 0.3) is 0 Å². The van der Waals surface area contributed by atoms with Crippen LogP contribution < -0.4 is 4.74 Å². The van der Waals surface area contributed by atoms with Crippen LogP contribution >= 0.6 is 0 Å². The first-order chi connectivity index (χ1) is 10.3. The Labute approximate surface area is 131 Å². The number of benzene rings is 1. The number of carbonyl (C=O) groups excluding carboxylic acids is 1. The van der Waals surface area contributed by atoms with Crippen LogP contribution in [-0.2, 0) is 11.2 Å². The maximum absolute atomic E-state index is 11.7. The molecule has 1 aromatic rings. The third-order valence-corrected chi connectivity index (χ3v) is 5.82. The quantitative estimate of drug-likeness (QED) is 0.810. The number of aliphatic hydroxyl groups excluding tert-OH is 1. The molecule has 3 rings (SSSR count). The largest absolute Gasteiger partial charge is 0.486 e. The summed E-state index contributed by atoms with van der Waals surface area (Å²) < 4.78 is 11.2. The van der Waals surface area contributed by atoms with E-state index in [1.54, 1.807) is 6.07 Å². The van der Waals surface area contributed by atoms with Crippen LogP contribution in [0.1, 0.15) is 49.5 Å². The zero-order valence-corrected chi connectivity index (χ0v) is 13.7. The van der Waals surface area contributed by atoms with Gasteiger partial charge in [-0.15, -0.1) is 0 Å². The van der Waals surface area contributed by atoms with Gasteiger partial charge in [0.1, 0.15) is 11.4 Å². The van der Waals surface area contributed by atoms with E-state index in [0.717, 1.165) is 30.6 Å². The molecule has 22 heavy (non-hydrogen) atoms. The summed E-state index contributed by atoms with van der Waals surface area (Å²) in [6, 6.07) is 5.44. The molecule has 120 valence electrons. The minimum Gasteiger partial charge on any atom is -0.486 e. The fraction of sp³-hybridized carbons (Fsp3) is 0.611. The molecule has 2 aliphatic rings. The Balaban J connectivity index is 2.00. The fourth-order valence-electron chi connectivity index (χ4n) is 4.13. The van der Waals surface area contributed by atoms with Gasteiger partial charge in [-0.2, -0.15) is 0 Å². The number of rotatable bonds is 1. The molecule has 4 nitrogen and oxygen atoms in total. The molecule has 1 heterocycles. The van der Waals surface area contributed by atoms with Crippen LogP contribution in [0.2, 0.25) is 0 Å². The lowest BCUT2D eigenvalue weighted by Crippen LogP contribution is -2.61. The third kappa shape index (κ3) is 1.97. The predicted molar refractivity (Wildman–Crippen MR) is 83.0 cm³/mol. The minimum atomic E-state index is -0.415. The van der Waals surface area contributed by atoms with Gasteiger partial charge in [0.15, 0.2) is 0 Å². The van der Waals surface area contributed by atoms with Crippen molar-refractivity contribution in [2.75, 3.05) is 7.11 Å². The van der Waals surface area contributed by atoms with Crippen LogP contribution in [0.4, 0.5) is 0 Å². The molecule has 4 heteroatoms. The Morgan fingerprint density at radius 1 is 1.36 bits per heavy atom. The van der Waals surface area contributed by atoms with Crippen molar-refractivity contribution in [3.63, 3.8) is 0 Å². The molecule has 0 amide bonds. The van der Waals surface area contributed by atoms with Crippen LogP contribution in [0.15, 0.2) is 18.2 Å². The molecular formula is C18H24O4. The highest BCUT2D eigenvalue weighted by molar-refractivity contribution is 5.89. The van der Waals surface area contributed by atoms with Crippen LogP contribution in [0, 0.1) is 11.3 Å². The van der Waals surface area contributed by atoms with Gasteiger partial charge in [0, 0.05) is 11.8 Å². The molecular weight excluding hydrogens is 280 g/mol. The van der Waals surface area contributed by atoms with Crippen molar-refractivity contribution < 1.29 is 19.4 Å². The molecule has 1 aliphatic heterocycles. The van der Waals surface area contributed by atoms with E-state index >= 15 is 0 Å². The predicted octanol–water partition coefficient (Wildman–Crippen LogP) is 2.96. The number of hydrogen-bond donors (Lipinski definition) is 1. The SMILES string of the molecule is COC(=O)c1ccc2c(c1)C[C@]1(O2)[C@H](C)CC[C@H](O)C1(C)C. The number of carbonyl (C=O) groups is 1. The Bertz CT molecular complexity index is 607. The molecule has 0 unspecified atom stereocenters. The summed E-state index contributed by atoms with van der Waals surface area (Å²) in [6.07, 6.45) is 2.10. The molecule has 1 fully saturated rings. The molecule has 0 saturated heterocycles. The second-order valence-corrected chi connectivity index (χ2v) is 7.20. The van der Waals surface area contributed by atoms with Gasteiger partial charge in [-0.05, 0) is 42.5 Å². The van der Waals surface area contributed by atoms with Crippen molar-refractivity contribution in [1.29, 1.82) is 0 Å². The number of ether oxygens (including phenoxy) is 2. The van der Waals surface area contributed by atoms with Crippen LogP contribution in [-0.4, -0.2) is 29.9 Å². The molecule has 1 spiro atoms. The van der Waals surface area contributed by atoms with Crippen LogP contribution in [0.5, 0.6) is 5.75 Å². The van der Waals surface area contributed by atoms with Crippen molar-refractivity contribution in [3.8, 4) is 5.75 Å². The maximum Gasteiger partial charge on any atom is 0.337 e. The number of hydrogen-bond acceptors (Lipinski definition) is 4. The summed E-state index contributed by atoms with van der Waals surface area (Å²) in [4.78, 5) is 11.7. The molecule has 1 N–H and O–H groups in total. The van der Waals surface area contributed by atoms with E-state index in [9.17, 15) is 9.90 Å². The van der Waals surface area contributed by atoms with Gasteiger partial charge in [0.05, 0.1) is 18.8 Å². The zero-order chi connectivity index (χ0) is 16.1. The summed E-state index contributed by atoms with van der Waals surface area (Å²) in [5.41, 5.74) is 0.817. The number of esters is 1. The van der Waals surface area contributed by atoms with E-state index in [4.69, 9.17) is 9.47 Å². The zero-order valence-electron chi connectivity index (χ0n) is 13.7. The van der Waals surface area contributed by atoms with E-state index < -0.39 is 5.60 Å². The molecule has 0 aromatic heterocycles. The van der Waals surface area contributed by atoms with Gasteiger partial charge in [-0.3, -0.25) is 0 Å². The third-order valence-electron chi connectivity index (χ3n) is 5.82. The van der Waals surface area contributed by atoms with E-state index in [2.05, 4.69) is 20.8 Å². The van der Waals surface area contributed by atoms with Gasteiger partial charge in [-0.1, -0.05) is 20.8 Å². The highest BCUT2D eigenvalue weighted by Crippen LogP contribution is 2.55. The van der Waals surface area contributed by atoms with Gasteiger partial charge in [0.2, 0.25) is 0 Å². The van der Waals surface area contributed by atoms with E-state index in [-0.39, 0.29) is 17.5 Å². The average Bonchev–Trinajstić information content (AvgIpc) is 2.89. The summed E-state index contributed by atoms with van der Waals surface area (Å²) in [7, 11) is 1.39. The first-order valence-electron chi connectivity index (χ1n) is 7.90. The van der Waals surface area contributed by atoms with Crippen molar-refractivity contribution in [3.05, 3.63) is 29.3 Å². The van der Waals surface area contributed by atoms with E-state index in [1.807, 2.05) is 12.1 Å². The van der Waals surface area contributed by atoms with Crippen LogP contribution in [0.25, 0.3) is 0 Å². The first kappa shape index (κ1) is 15.3. The fourth-order valence-corrected chi connectivity index (χ4v) is 4.13. The average molecular weight is 304 g/mol. The highest BCUT2D eigenvalue weighted by atomic mass is 16.5. The topological polar surface area (TPSA) is 55.8 Å². The van der Waals surface area contributed by atoms with Crippen molar-refractivity contribution in [2.45, 2.75) is 51.7 Å². The second-order valence-electron chi connectivity index (χ2n) is 7.20. The lowest BCUT2D eigenvalue weighted by Gasteiger charge is -2.53. The normalized spacial score (nSPS) is 32.4. The minimum absolute atomic E-state index is 0.334. The van der Waals surface area contributed by atoms with Gasteiger partial charge >= 0.3 is 5.97 Å². The molecule has 0 bridgehead atoms. The van der Waals surface area contributed by atoms with E-state index in [0.29, 0.717) is 11.5 Å².